The highest BCUT2D eigenvalue weighted by Crippen LogP contribution is 2.21. The molecule has 1 aromatic carbocycles. The lowest BCUT2D eigenvalue weighted by Gasteiger charge is -2.09. The van der Waals surface area contributed by atoms with Gasteiger partial charge in [0.25, 0.3) is 11.5 Å². The Morgan fingerprint density at radius 2 is 2.10 bits per heavy atom. The lowest BCUT2D eigenvalue weighted by molar-refractivity contribution is 0.0949. The Bertz CT molecular complexity index is 670. The third-order valence-electron chi connectivity index (χ3n) is 2.83. The minimum absolute atomic E-state index is 0.129. The van der Waals surface area contributed by atoms with Crippen LogP contribution in [0.2, 0.25) is 0 Å². The number of hydrogen-bond donors (Lipinski definition) is 1. The van der Waals surface area contributed by atoms with E-state index in [0.717, 1.165) is 10.6 Å². The van der Waals surface area contributed by atoms with Crippen LogP contribution in [-0.4, -0.2) is 28.0 Å². The molecule has 1 N–H and O–H groups in total. The molecule has 0 aliphatic rings. The number of amides is 1. The third kappa shape index (κ3) is 4.19. The summed E-state index contributed by atoms with van der Waals surface area (Å²) in [5, 5.41) is 6.77. The van der Waals surface area contributed by atoms with Gasteiger partial charge in [-0.3, -0.25) is 9.59 Å². The fourth-order valence-electron chi connectivity index (χ4n) is 1.86. The number of aromatic nitrogens is 2. The molecule has 0 aliphatic heterocycles. The molecular weight excluding hydrogens is 286 g/mol. The van der Waals surface area contributed by atoms with Crippen molar-refractivity contribution in [1.82, 2.24) is 15.1 Å². The highest BCUT2D eigenvalue weighted by molar-refractivity contribution is 7.99. The molecule has 1 heterocycles. The Hall–Kier alpha value is -2.08. The van der Waals surface area contributed by atoms with Crippen LogP contribution in [0.5, 0.6) is 0 Å². The molecule has 0 unspecified atom stereocenters. The number of rotatable bonds is 6. The van der Waals surface area contributed by atoms with Crippen LogP contribution in [0.3, 0.4) is 0 Å². The number of benzene rings is 1. The normalized spacial score (nSPS) is 10.3. The number of hydrogen-bond acceptors (Lipinski definition) is 4. The molecule has 0 spiro atoms. The van der Waals surface area contributed by atoms with Crippen molar-refractivity contribution in [3.05, 3.63) is 58.5 Å². The van der Waals surface area contributed by atoms with E-state index in [1.54, 1.807) is 30.1 Å². The standard InChI is InChI=1S/C15H17N3O2S/c1-2-21-13-7-4-3-6-12(13)15(20)16-10-11-18-14(19)8-5-9-17-18/h3-9H,2,10-11H2,1H3,(H,16,20). The van der Waals surface area contributed by atoms with Gasteiger partial charge in [-0.15, -0.1) is 11.8 Å². The number of carbonyl (C=O) groups is 1. The number of thioether (sulfide) groups is 1. The average Bonchev–Trinajstić information content (AvgIpc) is 2.50. The summed E-state index contributed by atoms with van der Waals surface area (Å²) in [6.07, 6.45) is 1.55. The van der Waals surface area contributed by atoms with E-state index in [0.29, 0.717) is 18.7 Å². The predicted octanol–water partition coefficient (Wildman–Crippen LogP) is 1.79. The van der Waals surface area contributed by atoms with Gasteiger partial charge in [-0.2, -0.15) is 5.10 Å². The summed E-state index contributed by atoms with van der Waals surface area (Å²) in [4.78, 5) is 24.6. The smallest absolute Gasteiger partial charge is 0.266 e. The van der Waals surface area contributed by atoms with E-state index in [-0.39, 0.29) is 11.5 Å². The Morgan fingerprint density at radius 1 is 1.29 bits per heavy atom. The summed E-state index contributed by atoms with van der Waals surface area (Å²) < 4.78 is 1.33. The van der Waals surface area contributed by atoms with E-state index >= 15 is 0 Å². The second-order valence-corrected chi connectivity index (χ2v) is 5.58. The molecule has 0 atom stereocenters. The second-order valence-electron chi connectivity index (χ2n) is 4.27. The first-order chi connectivity index (χ1) is 10.2. The summed E-state index contributed by atoms with van der Waals surface area (Å²) in [7, 11) is 0. The molecule has 2 aromatic rings. The third-order valence-corrected chi connectivity index (χ3v) is 3.78. The molecule has 6 heteroatoms. The predicted molar refractivity (Wildman–Crippen MR) is 83.7 cm³/mol. The van der Waals surface area contributed by atoms with Crippen LogP contribution in [0.4, 0.5) is 0 Å². The average molecular weight is 303 g/mol. The zero-order valence-corrected chi connectivity index (χ0v) is 12.6. The van der Waals surface area contributed by atoms with Crippen molar-refractivity contribution in [2.75, 3.05) is 12.3 Å². The Kier molecular flexibility index (Phi) is 5.57. The Labute approximate surface area is 127 Å². The van der Waals surface area contributed by atoms with E-state index in [9.17, 15) is 9.59 Å². The quantitative estimate of drug-likeness (QED) is 0.826. The molecule has 0 fully saturated rings. The van der Waals surface area contributed by atoms with Crippen LogP contribution in [0, 0.1) is 0 Å². The van der Waals surface area contributed by atoms with Crippen LogP contribution in [0.1, 0.15) is 17.3 Å². The van der Waals surface area contributed by atoms with Crippen LogP contribution >= 0.6 is 11.8 Å². The first-order valence-corrected chi connectivity index (χ1v) is 7.73. The van der Waals surface area contributed by atoms with Crippen LogP contribution in [0.15, 0.2) is 52.3 Å². The number of nitrogens with one attached hydrogen (secondary N) is 1. The van der Waals surface area contributed by atoms with E-state index in [1.165, 1.54) is 10.7 Å². The molecule has 0 saturated heterocycles. The minimum Gasteiger partial charge on any atom is -0.350 e. The molecule has 0 aliphatic carbocycles. The molecular formula is C15H17N3O2S. The van der Waals surface area contributed by atoms with Crippen molar-refractivity contribution in [2.45, 2.75) is 18.4 Å². The van der Waals surface area contributed by atoms with E-state index in [1.807, 2.05) is 25.1 Å². The van der Waals surface area contributed by atoms with Gasteiger partial charge in [0, 0.05) is 23.7 Å². The van der Waals surface area contributed by atoms with Crippen molar-refractivity contribution < 1.29 is 4.79 Å². The lowest BCUT2D eigenvalue weighted by Crippen LogP contribution is -2.31. The molecule has 1 aromatic heterocycles. The molecule has 1 amide bonds. The SMILES string of the molecule is CCSc1ccccc1C(=O)NCCn1ncccc1=O. The largest absolute Gasteiger partial charge is 0.350 e. The first kappa shape index (κ1) is 15.3. The van der Waals surface area contributed by atoms with Crippen molar-refractivity contribution >= 4 is 17.7 Å². The maximum atomic E-state index is 12.2. The van der Waals surface area contributed by atoms with Crippen molar-refractivity contribution in [3.63, 3.8) is 0 Å². The minimum atomic E-state index is -0.173. The van der Waals surface area contributed by atoms with E-state index in [2.05, 4.69) is 10.4 Å². The van der Waals surface area contributed by atoms with Crippen molar-refractivity contribution in [2.24, 2.45) is 0 Å². The molecule has 2 rings (SSSR count). The highest BCUT2D eigenvalue weighted by Gasteiger charge is 2.10. The van der Waals surface area contributed by atoms with Gasteiger partial charge >= 0.3 is 0 Å². The van der Waals surface area contributed by atoms with Crippen molar-refractivity contribution in [3.8, 4) is 0 Å². The molecule has 0 saturated carbocycles. The fourth-order valence-corrected chi connectivity index (χ4v) is 2.66. The Morgan fingerprint density at radius 3 is 2.86 bits per heavy atom. The van der Waals surface area contributed by atoms with Gasteiger partial charge in [-0.05, 0) is 24.0 Å². The maximum Gasteiger partial charge on any atom is 0.266 e. The maximum absolute atomic E-state index is 12.2. The first-order valence-electron chi connectivity index (χ1n) is 6.74. The number of nitrogens with zero attached hydrogens (tertiary/aromatic N) is 2. The summed E-state index contributed by atoms with van der Waals surface area (Å²) >= 11 is 1.63. The zero-order chi connectivity index (χ0) is 15.1. The molecule has 0 radical (unpaired) electrons. The summed E-state index contributed by atoms with van der Waals surface area (Å²) in [6, 6.07) is 10.5. The van der Waals surface area contributed by atoms with Gasteiger partial charge < -0.3 is 5.32 Å². The van der Waals surface area contributed by atoms with Gasteiger partial charge in [-0.25, -0.2) is 4.68 Å². The lowest BCUT2D eigenvalue weighted by atomic mass is 10.2. The van der Waals surface area contributed by atoms with E-state index in [4.69, 9.17) is 0 Å². The van der Waals surface area contributed by atoms with Gasteiger partial charge in [0.05, 0.1) is 12.1 Å². The van der Waals surface area contributed by atoms with Gasteiger partial charge in [0.2, 0.25) is 0 Å². The van der Waals surface area contributed by atoms with Gasteiger partial charge in [0.1, 0.15) is 0 Å². The monoisotopic (exact) mass is 303 g/mol. The fraction of sp³-hybridized carbons (Fsp3) is 0.267. The number of carbonyl (C=O) groups excluding carboxylic acids is 1. The van der Waals surface area contributed by atoms with Crippen LogP contribution < -0.4 is 10.9 Å². The topological polar surface area (TPSA) is 64.0 Å². The van der Waals surface area contributed by atoms with Gasteiger partial charge in [-0.1, -0.05) is 19.1 Å². The van der Waals surface area contributed by atoms with Gasteiger partial charge in [0.15, 0.2) is 0 Å². The molecule has 5 nitrogen and oxygen atoms in total. The Balaban J connectivity index is 1.96. The molecule has 0 bridgehead atoms. The van der Waals surface area contributed by atoms with Crippen LogP contribution in [0.25, 0.3) is 0 Å². The van der Waals surface area contributed by atoms with Crippen molar-refractivity contribution in [1.29, 1.82) is 0 Å². The second kappa shape index (κ2) is 7.64. The summed E-state index contributed by atoms with van der Waals surface area (Å²) in [5.74, 6) is 0.781. The summed E-state index contributed by atoms with van der Waals surface area (Å²) in [6.45, 7) is 2.77. The molecule has 21 heavy (non-hydrogen) atoms. The highest BCUT2D eigenvalue weighted by atomic mass is 32.2. The van der Waals surface area contributed by atoms with Crippen LogP contribution in [-0.2, 0) is 6.54 Å². The zero-order valence-electron chi connectivity index (χ0n) is 11.8. The van der Waals surface area contributed by atoms with E-state index < -0.39 is 0 Å². The molecule has 110 valence electrons. The summed E-state index contributed by atoms with van der Waals surface area (Å²) in [5.41, 5.74) is 0.492.